The fraction of sp³-hybridized carbons (Fsp3) is 0.231. The van der Waals surface area contributed by atoms with Gasteiger partial charge in [0.25, 0.3) is 0 Å². The lowest BCUT2D eigenvalue weighted by Crippen LogP contribution is -2.23. The lowest BCUT2D eigenvalue weighted by Gasteiger charge is -2.10. The van der Waals surface area contributed by atoms with Crippen molar-refractivity contribution in [1.82, 2.24) is 9.78 Å². The van der Waals surface area contributed by atoms with Gasteiger partial charge in [-0.3, -0.25) is 19.8 Å². The number of hydrogen-bond acceptors (Lipinski definition) is 5. The molecule has 1 heterocycles. The van der Waals surface area contributed by atoms with Crippen molar-refractivity contribution >= 4 is 17.3 Å². The molecule has 0 saturated carbocycles. The number of nitrogens with zero attached hydrogens (tertiary/aromatic N) is 4. The number of anilines is 1. The number of nitrogens with one attached hydrogen (secondary N) is 1. The van der Waals surface area contributed by atoms with Gasteiger partial charge in [0.05, 0.1) is 18.0 Å². The normalized spacial score (nSPS) is 12.0. The van der Waals surface area contributed by atoms with Gasteiger partial charge in [0.1, 0.15) is 18.1 Å². The minimum Gasteiger partial charge on any atom is -0.406 e. The van der Waals surface area contributed by atoms with Crippen LogP contribution in [0.2, 0.25) is 0 Å². The van der Waals surface area contributed by atoms with E-state index < -0.39 is 11.3 Å². The van der Waals surface area contributed by atoms with E-state index in [0.29, 0.717) is 5.69 Å². The maximum atomic E-state index is 12.1. The van der Waals surface area contributed by atoms with Gasteiger partial charge >= 0.3 is 12.0 Å². The van der Waals surface area contributed by atoms with Gasteiger partial charge < -0.3 is 15.8 Å². The molecule has 0 aliphatic rings. The van der Waals surface area contributed by atoms with Crippen molar-refractivity contribution in [2.75, 3.05) is 11.9 Å². The Labute approximate surface area is 139 Å². The molecule has 0 fully saturated rings. The molecule has 2 aromatic rings. The molecule has 0 aliphatic carbocycles. The zero-order valence-corrected chi connectivity index (χ0v) is 12.6. The summed E-state index contributed by atoms with van der Waals surface area (Å²) in [6, 6.07) is 4.96. The van der Waals surface area contributed by atoms with Crippen LogP contribution in [0.5, 0.6) is 5.75 Å². The van der Waals surface area contributed by atoms with Crippen molar-refractivity contribution in [2.45, 2.75) is 12.9 Å². The van der Waals surface area contributed by atoms with Crippen LogP contribution in [0, 0.1) is 10.1 Å². The number of hydrogen-bond donors (Lipinski definition) is 2. The number of halogens is 3. The number of rotatable bonds is 6. The molecule has 2 rings (SSSR count). The molecule has 12 heteroatoms. The van der Waals surface area contributed by atoms with Crippen LogP contribution in [0.4, 0.5) is 24.5 Å². The van der Waals surface area contributed by atoms with Gasteiger partial charge in [-0.25, -0.2) is 0 Å². The largest absolute Gasteiger partial charge is 0.573 e. The zero-order valence-electron chi connectivity index (χ0n) is 12.6. The lowest BCUT2D eigenvalue weighted by atomic mass is 10.3. The predicted molar refractivity (Wildman–Crippen MR) is 82.1 cm³/mol. The van der Waals surface area contributed by atoms with Crippen molar-refractivity contribution in [3.8, 4) is 5.75 Å². The average molecular weight is 358 g/mol. The topological polar surface area (TPSA) is 121 Å². The molecule has 0 saturated heterocycles. The summed E-state index contributed by atoms with van der Waals surface area (Å²) in [4.78, 5) is 14.0. The average Bonchev–Trinajstić information content (AvgIpc) is 2.97. The van der Waals surface area contributed by atoms with Crippen molar-refractivity contribution in [3.05, 3.63) is 46.8 Å². The molecule has 0 spiro atoms. The third-order valence-electron chi connectivity index (χ3n) is 2.80. The van der Waals surface area contributed by atoms with Crippen LogP contribution in [-0.2, 0) is 6.54 Å². The summed E-state index contributed by atoms with van der Waals surface area (Å²) in [6.45, 7) is 0.474. The van der Waals surface area contributed by atoms with Gasteiger partial charge in [-0.05, 0) is 24.3 Å². The standard InChI is InChI=1S/C13H13F3N6O3/c14-13(15,16)25-11-3-1-9(2-4-11)20-12(17)18-5-6-21-8-10(7-19-21)22(23)24/h1-4,7-8H,5-6H2,(H3,17,18,20). The molecular weight excluding hydrogens is 345 g/mol. The Morgan fingerprint density at radius 1 is 1.40 bits per heavy atom. The molecule has 1 aromatic heterocycles. The van der Waals surface area contributed by atoms with Crippen LogP contribution < -0.4 is 15.8 Å². The molecule has 25 heavy (non-hydrogen) atoms. The molecular formula is C13H13F3N6O3. The minimum absolute atomic E-state index is 0.0335. The van der Waals surface area contributed by atoms with Crippen molar-refractivity contribution < 1.29 is 22.8 Å². The first-order valence-corrected chi connectivity index (χ1v) is 6.82. The number of nitro groups is 1. The highest BCUT2D eigenvalue weighted by molar-refractivity contribution is 5.92. The Hall–Kier alpha value is -3.31. The number of benzene rings is 1. The smallest absolute Gasteiger partial charge is 0.406 e. The van der Waals surface area contributed by atoms with Crippen LogP contribution in [0.3, 0.4) is 0 Å². The third kappa shape index (κ3) is 6.01. The molecule has 0 atom stereocenters. The Kier molecular flexibility index (Phi) is 5.41. The highest BCUT2D eigenvalue weighted by Crippen LogP contribution is 2.23. The molecule has 0 bridgehead atoms. The zero-order chi connectivity index (χ0) is 18.4. The second-order valence-electron chi connectivity index (χ2n) is 4.68. The molecule has 134 valence electrons. The van der Waals surface area contributed by atoms with E-state index in [9.17, 15) is 23.3 Å². The summed E-state index contributed by atoms with van der Waals surface area (Å²) >= 11 is 0. The number of aliphatic imine (C=N–C) groups is 1. The summed E-state index contributed by atoms with van der Waals surface area (Å²) in [7, 11) is 0. The van der Waals surface area contributed by atoms with E-state index in [1.807, 2.05) is 0 Å². The number of guanidine groups is 1. The number of alkyl halides is 3. The minimum atomic E-state index is -4.75. The van der Waals surface area contributed by atoms with E-state index in [4.69, 9.17) is 5.73 Å². The van der Waals surface area contributed by atoms with Gasteiger partial charge in [0.15, 0.2) is 5.96 Å². The first-order valence-electron chi connectivity index (χ1n) is 6.82. The second-order valence-corrected chi connectivity index (χ2v) is 4.68. The highest BCUT2D eigenvalue weighted by Gasteiger charge is 2.30. The fourth-order valence-electron chi connectivity index (χ4n) is 1.77. The Morgan fingerprint density at radius 3 is 2.64 bits per heavy atom. The van der Waals surface area contributed by atoms with E-state index in [2.05, 4.69) is 20.1 Å². The van der Waals surface area contributed by atoms with Crippen LogP contribution in [0.15, 0.2) is 41.7 Å². The molecule has 0 unspecified atom stereocenters. The van der Waals surface area contributed by atoms with E-state index in [0.717, 1.165) is 18.3 Å². The Balaban J connectivity index is 1.85. The Bertz CT molecular complexity index is 757. The van der Waals surface area contributed by atoms with E-state index in [-0.39, 0.29) is 30.5 Å². The first-order chi connectivity index (χ1) is 11.7. The number of ether oxygens (including phenoxy) is 1. The van der Waals surface area contributed by atoms with Gasteiger partial charge in [-0.15, -0.1) is 13.2 Å². The van der Waals surface area contributed by atoms with E-state index >= 15 is 0 Å². The van der Waals surface area contributed by atoms with Gasteiger partial charge in [-0.2, -0.15) is 5.10 Å². The SMILES string of the molecule is NC(=NCCn1cc([N+](=O)[O-])cn1)Nc1ccc(OC(F)(F)F)cc1. The summed E-state index contributed by atoms with van der Waals surface area (Å²) < 4.78 is 41.3. The second kappa shape index (κ2) is 7.51. The van der Waals surface area contributed by atoms with Crippen molar-refractivity contribution in [2.24, 2.45) is 10.7 Å². The van der Waals surface area contributed by atoms with Crippen molar-refractivity contribution in [1.29, 1.82) is 0 Å². The monoisotopic (exact) mass is 358 g/mol. The first kappa shape index (κ1) is 18.0. The summed E-state index contributed by atoms with van der Waals surface area (Å²) in [5.74, 6) is -0.319. The maximum absolute atomic E-state index is 12.1. The van der Waals surface area contributed by atoms with Crippen LogP contribution in [-0.4, -0.2) is 33.6 Å². The number of aromatic nitrogens is 2. The predicted octanol–water partition coefficient (Wildman–Crippen LogP) is 2.12. The Morgan fingerprint density at radius 2 is 2.08 bits per heavy atom. The van der Waals surface area contributed by atoms with E-state index in [1.54, 1.807) is 0 Å². The van der Waals surface area contributed by atoms with Crippen molar-refractivity contribution in [3.63, 3.8) is 0 Å². The summed E-state index contributed by atoms with van der Waals surface area (Å²) in [5, 5.41) is 17.0. The van der Waals surface area contributed by atoms with E-state index in [1.165, 1.54) is 23.0 Å². The van der Waals surface area contributed by atoms with Crippen LogP contribution >= 0.6 is 0 Å². The molecule has 0 aliphatic heterocycles. The molecule has 0 amide bonds. The lowest BCUT2D eigenvalue weighted by molar-refractivity contribution is -0.385. The quantitative estimate of drug-likeness (QED) is 0.353. The molecule has 3 N–H and O–H groups in total. The van der Waals surface area contributed by atoms with Crippen LogP contribution in [0.1, 0.15) is 0 Å². The van der Waals surface area contributed by atoms with Crippen LogP contribution in [0.25, 0.3) is 0 Å². The molecule has 1 aromatic carbocycles. The molecule has 9 nitrogen and oxygen atoms in total. The summed E-state index contributed by atoms with van der Waals surface area (Å²) in [5.41, 5.74) is 5.95. The highest BCUT2D eigenvalue weighted by atomic mass is 19.4. The van der Waals surface area contributed by atoms with Gasteiger partial charge in [-0.1, -0.05) is 0 Å². The van der Waals surface area contributed by atoms with Gasteiger partial charge in [0.2, 0.25) is 0 Å². The number of nitrogens with two attached hydrogens (primary N) is 1. The molecule has 0 radical (unpaired) electrons. The summed E-state index contributed by atoms with van der Waals surface area (Å²) in [6.07, 6.45) is -2.37. The fourth-order valence-corrected chi connectivity index (χ4v) is 1.77. The van der Waals surface area contributed by atoms with Gasteiger partial charge in [0, 0.05) is 5.69 Å². The maximum Gasteiger partial charge on any atom is 0.573 e. The third-order valence-corrected chi connectivity index (χ3v) is 2.80.